The smallest absolute Gasteiger partial charge is 0.143 e. The Labute approximate surface area is 381 Å². The number of hydrogen-bond acceptors (Lipinski definition) is 6. The highest BCUT2D eigenvalue weighted by molar-refractivity contribution is 5.49. The molecule has 0 amide bonds. The van der Waals surface area contributed by atoms with E-state index >= 15 is 0 Å². The quantitative estimate of drug-likeness (QED) is 0.0582. The van der Waals surface area contributed by atoms with Gasteiger partial charge in [0.1, 0.15) is 23.2 Å². The van der Waals surface area contributed by atoms with Gasteiger partial charge in [0.15, 0.2) is 0 Å². The fourth-order valence-corrected chi connectivity index (χ4v) is 13.3. The monoisotopic (exact) mass is 863 g/mol. The van der Waals surface area contributed by atoms with Gasteiger partial charge in [0.05, 0.1) is 33.5 Å². The van der Waals surface area contributed by atoms with Crippen molar-refractivity contribution in [1.82, 2.24) is 0 Å². The summed E-state index contributed by atoms with van der Waals surface area (Å²) in [5, 5.41) is 11.2. The standard InChI is InChI=1S/C57H82O6/c1-41(2)16-15-17-42(3)52-30-31-53-51-29-24-46-38-50(32-34-55(46,4)54(51)33-35-56(52,53)5)62-37-14-9-8-13-36-61-39-47(58)40-63-57(43-18-11-10-12-19-43,44-20-25-48(59-6)26-21-44)45-22-27-49(60-7)28-23-45/h10-12,18-28,41-42,47,50-54,58H,8-9,13-17,29-40H2,1-7H3/t42-,47?,50+,51+,52-,53+,54+,55+,56-/m1/s1. The summed E-state index contributed by atoms with van der Waals surface area (Å²) in [6.07, 6.45) is 21.6. The summed E-state index contributed by atoms with van der Waals surface area (Å²) in [5.41, 5.74) is 4.52. The average molecular weight is 863 g/mol. The highest BCUT2D eigenvalue weighted by Crippen LogP contribution is 2.67. The third-order valence-electron chi connectivity index (χ3n) is 16.8. The van der Waals surface area contributed by atoms with Gasteiger partial charge >= 0.3 is 0 Å². The molecule has 0 bridgehead atoms. The van der Waals surface area contributed by atoms with Crippen molar-refractivity contribution in [3.63, 3.8) is 0 Å². The van der Waals surface area contributed by atoms with Gasteiger partial charge in [-0.1, -0.05) is 133 Å². The molecule has 0 heterocycles. The Hall–Kier alpha value is -3.16. The summed E-state index contributed by atoms with van der Waals surface area (Å²) in [5.74, 6) is 6.83. The van der Waals surface area contributed by atoms with Crippen LogP contribution in [-0.2, 0) is 19.8 Å². The number of benzene rings is 3. The van der Waals surface area contributed by atoms with Gasteiger partial charge in [0.25, 0.3) is 0 Å². The van der Waals surface area contributed by atoms with Crippen molar-refractivity contribution in [3.05, 3.63) is 107 Å². The van der Waals surface area contributed by atoms with E-state index in [0.717, 1.165) is 102 Å². The summed E-state index contributed by atoms with van der Waals surface area (Å²) >= 11 is 0. The minimum atomic E-state index is -0.973. The molecule has 4 aliphatic carbocycles. The second-order valence-electron chi connectivity index (χ2n) is 21.0. The van der Waals surface area contributed by atoms with Crippen molar-refractivity contribution < 1.29 is 28.8 Å². The number of allylic oxidation sites excluding steroid dienone is 1. The molecule has 63 heavy (non-hydrogen) atoms. The maximum Gasteiger partial charge on any atom is 0.143 e. The molecule has 6 nitrogen and oxygen atoms in total. The first kappa shape index (κ1) is 47.8. The minimum Gasteiger partial charge on any atom is -0.497 e. The maximum atomic E-state index is 11.2. The van der Waals surface area contributed by atoms with E-state index in [1.165, 1.54) is 64.2 Å². The predicted molar refractivity (Wildman–Crippen MR) is 256 cm³/mol. The molecule has 3 aromatic rings. The highest BCUT2D eigenvalue weighted by atomic mass is 16.5. The molecule has 0 spiro atoms. The van der Waals surface area contributed by atoms with Crippen LogP contribution in [0.4, 0.5) is 0 Å². The Morgan fingerprint density at radius 3 is 1.98 bits per heavy atom. The molecule has 6 heteroatoms. The number of aliphatic hydroxyl groups excluding tert-OH is 1. The summed E-state index contributed by atoms with van der Waals surface area (Å²) in [7, 11) is 3.33. The molecule has 7 rings (SSSR count). The van der Waals surface area contributed by atoms with Crippen LogP contribution in [0.15, 0.2) is 90.5 Å². The van der Waals surface area contributed by atoms with Gasteiger partial charge in [-0.25, -0.2) is 0 Å². The van der Waals surface area contributed by atoms with E-state index in [9.17, 15) is 5.11 Å². The summed E-state index contributed by atoms with van der Waals surface area (Å²) < 4.78 is 30.4. The lowest BCUT2D eigenvalue weighted by atomic mass is 9.47. The Morgan fingerprint density at radius 1 is 0.683 bits per heavy atom. The van der Waals surface area contributed by atoms with E-state index in [1.807, 2.05) is 66.7 Å². The summed E-state index contributed by atoms with van der Waals surface area (Å²) in [4.78, 5) is 0. The lowest BCUT2D eigenvalue weighted by Gasteiger charge is -2.58. The molecule has 0 aromatic heterocycles. The molecule has 3 saturated carbocycles. The van der Waals surface area contributed by atoms with E-state index in [2.05, 4.69) is 52.8 Å². The van der Waals surface area contributed by atoms with Gasteiger partial charge in [-0.2, -0.15) is 0 Å². The Morgan fingerprint density at radius 2 is 1.33 bits per heavy atom. The van der Waals surface area contributed by atoms with Crippen molar-refractivity contribution in [2.24, 2.45) is 46.3 Å². The topological polar surface area (TPSA) is 66.4 Å². The van der Waals surface area contributed by atoms with E-state index in [0.29, 0.717) is 23.5 Å². The molecule has 4 aliphatic rings. The van der Waals surface area contributed by atoms with Gasteiger partial charge in [0.2, 0.25) is 0 Å². The molecule has 3 fully saturated rings. The first-order valence-corrected chi connectivity index (χ1v) is 25.1. The van der Waals surface area contributed by atoms with Crippen LogP contribution < -0.4 is 9.47 Å². The maximum absolute atomic E-state index is 11.2. The minimum absolute atomic E-state index is 0.0985. The summed E-state index contributed by atoms with van der Waals surface area (Å²) in [6.45, 7) is 14.5. The van der Waals surface area contributed by atoms with E-state index in [4.69, 9.17) is 23.7 Å². The lowest BCUT2D eigenvalue weighted by molar-refractivity contribution is -0.0647. The molecular weight excluding hydrogens is 781 g/mol. The molecule has 0 aliphatic heterocycles. The zero-order valence-corrected chi connectivity index (χ0v) is 40.1. The van der Waals surface area contributed by atoms with Gasteiger partial charge in [-0.15, -0.1) is 0 Å². The van der Waals surface area contributed by atoms with Gasteiger partial charge in [-0.3, -0.25) is 0 Å². The predicted octanol–water partition coefficient (Wildman–Crippen LogP) is 13.4. The van der Waals surface area contributed by atoms with E-state index in [1.54, 1.807) is 19.8 Å². The van der Waals surface area contributed by atoms with Crippen LogP contribution in [0.2, 0.25) is 0 Å². The van der Waals surface area contributed by atoms with Crippen molar-refractivity contribution >= 4 is 0 Å². The van der Waals surface area contributed by atoms with Gasteiger partial charge in [0, 0.05) is 13.2 Å². The number of unbranched alkanes of at least 4 members (excludes halogenated alkanes) is 3. The van der Waals surface area contributed by atoms with Crippen LogP contribution in [-0.4, -0.2) is 58.0 Å². The first-order valence-electron chi connectivity index (χ1n) is 25.1. The Kier molecular flexibility index (Phi) is 16.6. The van der Waals surface area contributed by atoms with Crippen LogP contribution in [0, 0.1) is 46.3 Å². The van der Waals surface area contributed by atoms with Crippen LogP contribution in [0.1, 0.15) is 148 Å². The van der Waals surface area contributed by atoms with Gasteiger partial charge in [-0.05, 0) is 152 Å². The van der Waals surface area contributed by atoms with E-state index < -0.39 is 11.7 Å². The largest absolute Gasteiger partial charge is 0.497 e. The van der Waals surface area contributed by atoms with Crippen LogP contribution in [0.3, 0.4) is 0 Å². The summed E-state index contributed by atoms with van der Waals surface area (Å²) in [6, 6.07) is 26.1. The molecule has 1 unspecified atom stereocenters. The normalized spacial score (nSPS) is 27.8. The van der Waals surface area contributed by atoms with Gasteiger partial charge < -0.3 is 28.8 Å². The molecule has 9 atom stereocenters. The molecule has 346 valence electrons. The third-order valence-corrected chi connectivity index (χ3v) is 16.8. The SMILES string of the molecule is COc1ccc(C(OCC(O)COCCCCCCO[C@H]2CC[C@@]3(C)C(=CC[C@H]4[C@@H]5CC[C@H]([C@H](C)CCCC(C)C)[C@@]5(C)CC[C@@H]43)C2)(c2ccccc2)c2ccc(OC)cc2)cc1. The number of hydrogen-bond donors (Lipinski definition) is 1. The van der Waals surface area contributed by atoms with Crippen molar-refractivity contribution in [1.29, 1.82) is 0 Å². The molecule has 0 saturated heterocycles. The van der Waals surface area contributed by atoms with Crippen molar-refractivity contribution in [2.75, 3.05) is 40.6 Å². The zero-order chi connectivity index (χ0) is 44.5. The lowest BCUT2D eigenvalue weighted by Crippen LogP contribution is -2.51. The third kappa shape index (κ3) is 10.8. The number of methoxy groups -OCH3 is 2. The van der Waals surface area contributed by atoms with E-state index in [-0.39, 0.29) is 13.2 Å². The van der Waals surface area contributed by atoms with Crippen LogP contribution in [0.25, 0.3) is 0 Å². The number of aliphatic hydroxyl groups is 1. The Bertz CT molecular complexity index is 1810. The second kappa shape index (κ2) is 21.9. The van der Waals surface area contributed by atoms with Crippen molar-refractivity contribution in [3.8, 4) is 11.5 Å². The fourth-order valence-electron chi connectivity index (χ4n) is 13.3. The second-order valence-corrected chi connectivity index (χ2v) is 21.0. The number of rotatable bonds is 23. The number of ether oxygens (including phenoxy) is 5. The molecule has 3 aromatic carbocycles. The van der Waals surface area contributed by atoms with Crippen LogP contribution in [0.5, 0.6) is 11.5 Å². The fraction of sp³-hybridized carbons (Fsp3) is 0.649. The Balaban J connectivity index is 0.824. The zero-order valence-electron chi connectivity index (χ0n) is 40.1. The first-order chi connectivity index (χ1) is 30.5. The highest BCUT2D eigenvalue weighted by Gasteiger charge is 2.59. The molecule has 1 N–H and O–H groups in total. The number of fused-ring (bicyclic) bond motifs is 5. The molecular formula is C57H82O6. The average Bonchev–Trinajstić information content (AvgIpc) is 3.66. The van der Waals surface area contributed by atoms with Crippen molar-refractivity contribution in [2.45, 2.75) is 149 Å². The van der Waals surface area contributed by atoms with Crippen LogP contribution >= 0.6 is 0 Å². The molecule has 0 radical (unpaired) electrons.